The molecule has 0 saturated carbocycles. The molecule has 0 aliphatic rings. The SMILES string of the molecule is O=C(COc1ccccc1Cl)Nc1ccccc1C(F)(F)F. The Bertz CT molecular complexity index is 674. The van der Waals surface area contributed by atoms with Crippen LogP contribution in [0, 0.1) is 0 Å². The van der Waals surface area contributed by atoms with Crippen LogP contribution in [0.5, 0.6) is 5.75 Å². The number of benzene rings is 2. The molecule has 0 heterocycles. The fourth-order valence-corrected chi connectivity index (χ4v) is 1.92. The van der Waals surface area contributed by atoms with Gasteiger partial charge in [-0.1, -0.05) is 35.9 Å². The van der Waals surface area contributed by atoms with Gasteiger partial charge in [0.1, 0.15) is 5.75 Å². The van der Waals surface area contributed by atoms with Crippen molar-refractivity contribution in [3.05, 3.63) is 59.1 Å². The van der Waals surface area contributed by atoms with Crippen molar-refractivity contribution in [3.8, 4) is 5.75 Å². The highest BCUT2D eigenvalue weighted by molar-refractivity contribution is 6.32. The maximum atomic E-state index is 12.8. The molecule has 0 atom stereocenters. The molecule has 0 fully saturated rings. The smallest absolute Gasteiger partial charge is 0.418 e. The second-order valence-corrected chi connectivity index (χ2v) is 4.72. The van der Waals surface area contributed by atoms with Crippen molar-refractivity contribution >= 4 is 23.2 Å². The second-order valence-electron chi connectivity index (χ2n) is 4.31. The summed E-state index contributed by atoms with van der Waals surface area (Å²) >= 11 is 5.85. The summed E-state index contributed by atoms with van der Waals surface area (Å²) in [7, 11) is 0. The number of ether oxygens (including phenoxy) is 1. The van der Waals surface area contributed by atoms with Crippen LogP contribution >= 0.6 is 11.6 Å². The van der Waals surface area contributed by atoms with Gasteiger partial charge in [-0.15, -0.1) is 0 Å². The van der Waals surface area contributed by atoms with E-state index in [0.717, 1.165) is 6.07 Å². The van der Waals surface area contributed by atoms with Gasteiger partial charge in [0.25, 0.3) is 5.91 Å². The number of alkyl halides is 3. The van der Waals surface area contributed by atoms with Gasteiger partial charge < -0.3 is 10.1 Å². The lowest BCUT2D eigenvalue weighted by Gasteiger charge is -2.14. The Morgan fingerprint density at radius 1 is 1.09 bits per heavy atom. The summed E-state index contributed by atoms with van der Waals surface area (Å²) in [6.07, 6.45) is -4.55. The first-order valence-electron chi connectivity index (χ1n) is 6.21. The third-order valence-corrected chi connectivity index (χ3v) is 3.01. The first kappa shape index (κ1) is 16.2. The number of carbonyl (C=O) groups excluding carboxylic acids is 1. The van der Waals surface area contributed by atoms with Crippen LogP contribution in [0.2, 0.25) is 5.02 Å². The van der Waals surface area contributed by atoms with E-state index in [2.05, 4.69) is 5.32 Å². The molecule has 0 radical (unpaired) electrons. The van der Waals surface area contributed by atoms with E-state index in [1.54, 1.807) is 24.3 Å². The minimum atomic E-state index is -4.55. The van der Waals surface area contributed by atoms with Crippen LogP contribution in [0.1, 0.15) is 5.56 Å². The van der Waals surface area contributed by atoms with Gasteiger partial charge >= 0.3 is 6.18 Å². The molecule has 0 spiro atoms. The predicted molar refractivity (Wildman–Crippen MR) is 77.0 cm³/mol. The van der Waals surface area contributed by atoms with E-state index in [9.17, 15) is 18.0 Å². The molecule has 7 heteroatoms. The molecule has 0 aliphatic carbocycles. The Labute approximate surface area is 129 Å². The van der Waals surface area contributed by atoms with Gasteiger partial charge in [-0.3, -0.25) is 4.79 Å². The zero-order valence-corrected chi connectivity index (χ0v) is 11.9. The van der Waals surface area contributed by atoms with Crippen LogP contribution in [-0.4, -0.2) is 12.5 Å². The van der Waals surface area contributed by atoms with Crippen LogP contribution in [-0.2, 0) is 11.0 Å². The van der Waals surface area contributed by atoms with Crippen molar-refractivity contribution < 1.29 is 22.7 Å². The highest BCUT2D eigenvalue weighted by atomic mass is 35.5. The Morgan fingerprint density at radius 2 is 1.73 bits per heavy atom. The summed E-state index contributed by atoms with van der Waals surface area (Å²) in [6, 6.07) is 11.2. The number of carbonyl (C=O) groups is 1. The Hall–Kier alpha value is -2.21. The average molecular weight is 330 g/mol. The first-order chi connectivity index (χ1) is 10.4. The number of hydrogen-bond acceptors (Lipinski definition) is 2. The minimum absolute atomic E-state index is 0.281. The number of nitrogens with one attached hydrogen (secondary N) is 1. The summed E-state index contributed by atoms with van der Waals surface area (Å²) < 4.78 is 43.6. The molecule has 1 N–H and O–H groups in total. The molecule has 0 aliphatic heterocycles. The third-order valence-electron chi connectivity index (χ3n) is 2.70. The summed E-state index contributed by atoms with van der Waals surface area (Å²) in [5.41, 5.74) is -1.23. The third kappa shape index (κ3) is 4.14. The molecule has 1 amide bonds. The predicted octanol–water partition coefficient (Wildman–Crippen LogP) is 4.38. The molecule has 22 heavy (non-hydrogen) atoms. The first-order valence-corrected chi connectivity index (χ1v) is 6.59. The summed E-state index contributed by atoms with van der Waals surface area (Å²) in [4.78, 5) is 11.7. The summed E-state index contributed by atoms with van der Waals surface area (Å²) in [5.74, 6) is -0.431. The van der Waals surface area contributed by atoms with Crippen molar-refractivity contribution in [2.24, 2.45) is 0 Å². The lowest BCUT2D eigenvalue weighted by atomic mass is 10.1. The number of hydrogen-bond donors (Lipinski definition) is 1. The number of rotatable bonds is 4. The van der Waals surface area contributed by atoms with Crippen LogP contribution in [0.3, 0.4) is 0 Å². The topological polar surface area (TPSA) is 38.3 Å². The quantitative estimate of drug-likeness (QED) is 0.904. The van der Waals surface area contributed by atoms with E-state index in [0.29, 0.717) is 5.02 Å². The molecule has 2 rings (SSSR count). The van der Waals surface area contributed by atoms with Gasteiger partial charge in [-0.05, 0) is 24.3 Å². The highest BCUT2D eigenvalue weighted by Gasteiger charge is 2.33. The van der Waals surface area contributed by atoms with Gasteiger partial charge in [-0.2, -0.15) is 13.2 Å². The molecule has 116 valence electrons. The minimum Gasteiger partial charge on any atom is -0.482 e. The zero-order valence-electron chi connectivity index (χ0n) is 11.2. The van der Waals surface area contributed by atoms with E-state index in [4.69, 9.17) is 16.3 Å². The Morgan fingerprint density at radius 3 is 2.41 bits per heavy atom. The van der Waals surface area contributed by atoms with E-state index in [1.807, 2.05) is 0 Å². The fourth-order valence-electron chi connectivity index (χ4n) is 1.73. The van der Waals surface area contributed by atoms with Crippen LogP contribution < -0.4 is 10.1 Å². The molecular formula is C15H11ClF3NO2. The second kappa shape index (κ2) is 6.70. The molecule has 0 unspecified atom stereocenters. The van der Waals surface area contributed by atoms with Crippen molar-refractivity contribution in [3.63, 3.8) is 0 Å². The van der Waals surface area contributed by atoms with E-state index in [1.165, 1.54) is 18.2 Å². The fraction of sp³-hybridized carbons (Fsp3) is 0.133. The molecule has 0 aromatic heterocycles. The van der Waals surface area contributed by atoms with Gasteiger partial charge in [0.2, 0.25) is 0 Å². The molecule has 2 aromatic rings. The Kier molecular flexibility index (Phi) is 4.92. The number of halogens is 4. The molecule has 0 bridgehead atoms. The van der Waals surface area contributed by atoms with Gasteiger partial charge in [0.05, 0.1) is 16.3 Å². The van der Waals surface area contributed by atoms with Gasteiger partial charge in [0, 0.05) is 0 Å². The number of amides is 1. The van der Waals surface area contributed by atoms with Crippen molar-refractivity contribution in [1.82, 2.24) is 0 Å². The maximum absolute atomic E-state index is 12.8. The lowest BCUT2D eigenvalue weighted by molar-refractivity contribution is -0.137. The average Bonchev–Trinajstić information content (AvgIpc) is 2.46. The standard InChI is InChI=1S/C15H11ClF3NO2/c16-11-6-2-4-8-13(11)22-9-14(21)20-12-7-3-1-5-10(12)15(17,18)19/h1-8H,9H2,(H,20,21). The normalized spacial score (nSPS) is 11.1. The van der Waals surface area contributed by atoms with E-state index in [-0.39, 0.29) is 11.4 Å². The summed E-state index contributed by atoms with van der Waals surface area (Å²) in [5, 5.41) is 2.49. The van der Waals surface area contributed by atoms with E-state index < -0.39 is 24.3 Å². The molecule has 3 nitrogen and oxygen atoms in total. The molecule has 2 aromatic carbocycles. The molecule has 0 saturated heterocycles. The van der Waals surface area contributed by atoms with Crippen LogP contribution in [0.4, 0.5) is 18.9 Å². The molecular weight excluding hydrogens is 319 g/mol. The number of para-hydroxylation sites is 2. The van der Waals surface area contributed by atoms with Crippen molar-refractivity contribution in [2.75, 3.05) is 11.9 Å². The van der Waals surface area contributed by atoms with Crippen molar-refractivity contribution in [2.45, 2.75) is 6.18 Å². The van der Waals surface area contributed by atoms with Gasteiger partial charge in [0.15, 0.2) is 6.61 Å². The van der Waals surface area contributed by atoms with Crippen LogP contribution in [0.15, 0.2) is 48.5 Å². The highest BCUT2D eigenvalue weighted by Crippen LogP contribution is 2.34. The van der Waals surface area contributed by atoms with Crippen molar-refractivity contribution in [1.29, 1.82) is 0 Å². The summed E-state index contributed by atoms with van der Waals surface area (Å²) in [6.45, 7) is -0.448. The van der Waals surface area contributed by atoms with E-state index >= 15 is 0 Å². The largest absolute Gasteiger partial charge is 0.482 e. The zero-order chi connectivity index (χ0) is 16.2. The van der Waals surface area contributed by atoms with Crippen LogP contribution in [0.25, 0.3) is 0 Å². The Balaban J connectivity index is 2.03. The maximum Gasteiger partial charge on any atom is 0.418 e. The number of anilines is 1. The lowest BCUT2D eigenvalue weighted by Crippen LogP contribution is -2.22. The monoisotopic (exact) mass is 329 g/mol. The van der Waals surface area contributed by atoms with Gasteiger partial charge in [-0.25, -0.2) is 0 Å².